The Morgan fingerprint density at radius 1 is 1.17 bits per heavy atom. The molecule has 5 heteroatoms. The number of hydrogen-bond acceptors (Lipinski definition) is 4. The summed E-state index contributed by atoms with van der Waals surface area (Å²) in [6.07, 6.45) is 0.999. The topological polar surface area (TPSA) is 59.9 Å². The minimum atomic E-state index is -0.700. The van der Waals surface area contributed by atoms with Crippen LogP contribution in [-0.2, 0) is 4.79 Å². The molecule has 0 radical (unpaired) electrons. The lowest BCUT2D eigenvalue weighted by atomic mass is 10.0. The molecule has 1 aliphatic rings. The molecule has 0 spiro atoms. The van der Waals surface area contributed by atoms with E-state index in [1.807, 2.05) is 55.5 Å². The van der Waals surface area contributed by atoms with Crippen LogP contribution in [0.3, 0.4) is 0 Å². The monoisotopic (exact) mass is 310 g/mol. The first-order valence-corrected chi connectivity index (χ1v) is 7.50. The van der Waals surface area contributed by atoms with Crippen molar-refractivity contribution >= 4 is 12.1 Å². The van der Waals surface area contributed by atoms with E-state index in [-0.39, 0.29) is 18.4 Å². The highest BCUT2D eigenvalue weighted by Crippen LogP contribution is 2.30. The molecule has 0 unspecified atom stereocenters. The largest absolute Gasteiger partial charge is 0.485 e. The van der Waals surface area contributed by atoms with Gasteiger partial charge >= 0.3 is 0 Å². The number of carbonyl (C=O) groups is 1. The summed E-state index contributed by atoms with van der Waals surface area (Å²) in [4.78, 5) is 12.1. The predicted molar refractivity (Wildman–Crippen MR) is 87.8 cm³/mol. The maximum atomic E-state index is 12.1. The molecule has 2 aromatic rings. The zero-order valence-electron chi connectivity index (χ0n) is 12.8. The Bertz CT molecular complexity index is 700. The zero-order valence-corrected chi connectivity index (χ0v) is 12.8. The lowest BCUT2D eigenvalue weighted by Gasteiger charge is -2.24. The first-order chi connectivity index (χ1) is 11.2. The van der Waals surface area contributed by atoms with Crippen molar-refractivity contribution in [3.63, 3.8) is 0 Å². The van der Waals surface area contributed by atoms with Crippen LogP contribution in [0.5, 0.6) is 11.5 Å². The predicted octanol–water partition coefficient (Wildman–Crippen LogP) is 2.73. The molecule has 0 fully saturated rings. The molecule has 0 saturated heterocycles. The van der Waals surface area contributed by atoms with Crippen LogP contribution in [0.4, 0.5) is 0 Å². The molecule has 1 amide bonds. The Morgan fingerprint density at radius 3 is 2.65 bits per heavy atom. The number of ether oxygens (including phenoxy) is 2. The third-order valence-corrected chi connectivity index (χ3v) is 3.60. The molecule has 5 nitrogen and oxygen atoms in total. The highest BCUT2D eigenvalue weighted by atomic mass is 16.6. The molecule has 1 N–H and O–H groups in total. The quantitative estimate of drug-likeness (QED) is 0.698. The van der Waals surface area contributed by atoms with Crippen molar-refractivity contribution in [2.24, 2.45) is 5.10 Å². The van der Waals surface area contributed by atoms with Crippen LogP contribution in [0.15, 0.2) is 59.7 Å². The second kappa shape index (κ2) is 6.96. The van der Waals surface area contributed by atoms with Gasteiger partial charge in [0.15, 0.2) is 11.5 Å². The molecule has 2 aromatic carbocycles. The van der Waals surface area contributed by atoms with E-state index >= 15 is 0 Å². The van der Waals surface area contributed by atoms with Gasteiger partial charge in [-0.25, -0.2) is 5.43 Å². The van der Waals surface area contributed by atoms with Gasteiger partial charge < -0.3 is 9.47 Å². The van der Waals surface area contributed by atoms with Crippen LogP contribution in [0, 0.1) is 0 Å². The Balaban J connectivity index is 1.55. The Hall–Kier alpha value is -2.82. The highest BCUT2D eigenvalue weighted by molar-refractivity contribution is 5.82. The van der Waals surface area contributed by atoms with Gasteiger partial charge in [-0.3, -0.25) is 4.79 Å². The van der Waals surface area contributed by atoms with Crippen LogP contribution < -0.4 is 14.9 Å². The number of rotatable bonds is 4. The third-order valence-electron chi connectivity index (χ3n) is 3.60. The Kier molecular flexibility index (Phi) is 4.57. The van der Waals surface area contributed by atoms with Gasteiger partial charge in [-0.2, -0.15) is 5.10 Å². The third kappa shape index (κ3) is 3.69. The average molecular weight is 310 g/mol. The van der Waals surface area contributed by atoms with Gasteiger partial charge in [0.25, 0.3) is 5.91 Å². The van der Waals surface area contributed by atoms with Gasteiger partial charge in [-0.15, -0.1) is 0 Å². The van der Waals surface area contributed by atoms with Crippen LogP contribution in [-0.4, -0.2) is 24.8 Å². The van der Waals surface area contributed by atoms with E-state index in [0.717, 1.165) is 5.56 Å². The zero-order chi connectivity index (χ0) is 16.1. The summed E-state index contributed by atoms with van der Waals surface area (Å²) in [7, 11) is 0. The van der Waals surface area contributed by atoms with Crippen molar-refractivity contribution in [3.8, 4) is 11.5 Å². The van der Waals surface area contributed by atoms with Crippen molar-refractivity contribution in [3.05, 3.63) is 60.2 Å². The summed E-state index contributed by atoms with van der Waals surface area (Å²) in [5.74, 6) is 1.01. The van der Waals surface area contributed by atoms with Gasteiger partial charge in [0.2, 0.25) is 6.10 Å². The molecule has 2 atom stereocenters. The van der Waals surface area contributed by atoms with Crippen LogP contribution in [0.25, 0.3) is 0 Å². The second-order valence-corrected chi connectivity index (χ2v) is 5.32. The number of hydrazone groups is 1. The number of para-hydroxylation sites is 2. The minimum Gasteiger partial charge on any atom is -0.485 e. The smallest absolute Gasteiger partial charge is 0.284 e. The van der Waals surface area contributed by atoms with Crippen molar-refractivity contribution in [2.75, 3.05) is 6.61 Å². The average Bonchev–Trinajstić information content (AvgIpc) is 2.61. The maximum Gasteiger partial charge on any atom is 0.284 e. The van der Waals surface area contributed by atoms with Gasteiger partial charge in [0, 0.05) is 12.1 Å². The molecular formula is C18H18N2O3. The fourth-order valence-electron chi connectivity index (χ4n) is 2.28. The Morgan fingerprint density at radius 2 is 1.87 bits per heavy atom. The summed E-state index contributed by atoms with van der Waals surface area (Å²) < 4.78 is 11.1. The summed E-state index contributed by atoms with van der Waals surface area (Å²) in [5.41, 5.74) is 3.65. The van der Waals surface area contributed by atoms with E-state index in [2.05, 4.69) is 10.5 Å². The van der Waals surface area contributed by atoms with Gasteiger partial charge in [0.1, 0.15) is 6.61 Å². The van der Waals surface area contributed by atoms with Crippen LogP contribution in [0.2, 0.25) is 0 Å². The standard InChI is InChI=1S/C18H18N2O3/c1-13(14-7-3-2-4-8-14)11-19-20-18(21)17-12-22-15-9-5-6-10-16(15)23-17/h2-11,13,17H,12H2,1H3,(H,20,21)/b19-11-/t13-,17+/m1/s1. The number of nitrogens with one attached hydrogen (secondary N) is 1. The van der Waals surface area contributed by atoms with E-state index in [1.54, 1.807) is 12.3 Å². The summed E-state index contributed by atoms with van der Waals surface area (Å²) in [5, 5.41) is 4.02. The number of carbonyl (C=O) groups excluding carboxylic acids is 1. The molecule has 23 heavy (non-hydrogen) atoms. The molecular weight excluding hydrogens is 292 g/mol. The number of amides is 1. The van der Waals surface area contributed by atoms with Crippen molar-refractivity contribution < 1.29 is 14.3 Å². The molecule has 0 aromatic heterocycles. The van der Waals surface area contributed by atoms with Crippen molar-refractivity contribution in [1.29, 1.82) is 0 Å². The van der Waals surface area contributed by atoms with E-state index < -0.39 is 6.10 Å². The van der Waals surface area contributed by atoms with E-state index in [0.29, 0.717) is 11.5 Å². The number of fused-ring (bicyclic) bond motifs is 1. The maximum absolute atomic E-state index is 12.1. The number of benzene rings is 2. The van der Waals surface area contributed by atoms with Gasteiger partial charge in [-0.05, 0) is 17.7 Å². The number of hydrogen-bond donors (Lipinski definition) is 1. The molecule has 0 aliphatic carbocycles. The van der Waals surface area contributed by atoms with Crippen molar-refractivity contribution in [2.45, 2.75) is 18.9 Å². The molecule has 118 valence electrons. The summed E-state index contributed by atoms with van der Waals surface area (Å²) >= 11 is 0. The van der Waals surface area contributed by atoms with E-state index in [9.17, 15) is 4.79 Å². The minimum absolute atomic E-state index is 0.112. The van der Waals surface area contributed by atoms with Gasteiger partial charge in [-0.1, -0.05) is 49.4 Å². The first-order valence-electron chi connectivity index (χ1n) is 7.50. The van der Waals surface area contributed by atoms with Crippen LogP contribution >= 0.6 is 0 Å². The van der Waals surface area contributed by atoms with Gasteiger partial charge in [0.05, 0.1) is 0 Å². The normalized spacial score (nSPS) is 17.7. The summed E-state index contributed by atoms with van der Waals surface area (Å²) in [6.45, 7) is 2.19. The SMILES string of the molecule is C[C@H](/C=N\NC(=O)[C@@H]1COc2ccccc2O1)c1ccccc1. The van der Waals surface area contributed by atoms with Crippen molar-refractivity contribution in [1.82, 2.24) is 5.43 Å². The van der Waals surface area contributed by atoms with E-state index in [1.165, 1.54) is 0 Å². The molecule has 0 saturated carbocycles. The highest BCUT2D eigenvalue weighted by Gasteiger charge is 2.26. The molecule has 3 rings (SSSR count). The lowest BCUT2D eigenvalue weighted by Crippen LogP contribution is -2.42. The van der Waals surface area contributed by atoms with E-state index in [4.69, 9.17) is 9.47 Å². The lowest BCUT2D eigenvalue weighted by molar-refractivity contribution is -0.130. The number of nitrogens with zero attached hydrogens (tertiary/aromatic N) is 1. The first kappa shape index (κ1) is 15.1. The molecule has 0 bridgehead atoms. The Labute approximate surface area is 134 Å². The summed E-state index contributed by atoms with van der Waals surface area (Å²) in [6, 6.07) is 17.2. The molecule has 1 aliphatic heterocycles. The van der Waals surface area contributed by atoms with Crippen LogP contribution in [0.1, 0.15) is 18.4 Å². The second-order valence-electron chi connectivity index (χ2n) is 5.32. The fourth-order valence-corrected chi connectivity index (χ4v) is 2.28. The fraction of sp³-hybridized carbons (Fsp3) is 0.222. The molecule has 1 heterocycles.